The van der Waals surface area contributed by atoms with Gasteiger partial charge in [0.05, 0.1) is 13.2 Å². The summed E-state index contributed by atoms with van der Waals surface area (Å²) < 4.78 is 25.3. The number of amides is 1. The highest BCUT2D eigenvalue weighted by Gasteiger charge is 2.48. The molecule has 0 saturated carbocycles. The number of hydrogen-bond acceptors (Lipinski definition) is 4. The van der Waals surface area contributed by atoms with Crippen LogP contribution in [0.15, 0.2) is 18.2 Å². The molecular weight excluding hydrogens is 383 g/mol. The monoisotopic (exact) mass is 416 g/mol. The van der Waals surface area contributed by atoms with Crippen LogP contribution in [0.4, 0.5) is 9.18 Å². The van der Waals surface area contributed by atoms with Crippen molar-refractivity contribution in [2.24, 2.45) is 0 Å². The largest absolute Gasteiger partial charge is 0.492 e. The molecule has 6 heteroatoms. The highest BCUT2D eigenvalue weighted by atomic mass is 19.1. The van der Waals surface area contributed by atoms with E-state index in [0.717, 1.165) is 75.8 Å². The number of rotatable bonds is 4. The van der Waals surface area contributed by atoms with Crippen molar-refractivity contribution in [3.63, 3.8) is 0 Å². The first kappa shape index (κ1) is 20.1. The van der Waals surface area contributed by atoms with Crippen LogP contribution in [0, 0.1) is 5.82 Å². The van der Waals surface area contributed by atoms with Gasteiger partial charge in [0.25, 0.3) is 0 Å². The van der Waals surface area contributed by atoms with E-state index in [1.165, 1.54) is 6.07 Å². The van der Waals surface area contributed by atoms with Crippen molar-refractivity contribution in [1.82, 2.24) is 9.80 Å². The van der Waals surface area contributed by atoms with E-state index in [-0.39, 0.29) is 17.3 Å². The molecule has 2 bridgehead atoms. The number of carbonyl (C=O) groups is 1. The van der Waals surface area contributed by atoms with Crippen LogP contribution in [0.3, 0.4) is 0 Å². The van der Waals surface area contributed by atoms with Gasteiger partial charge in [0, 0.05) is 29.1 Å². The summed E-state index contributed by atoms with van der Waals surface area (Å²) in [5.41, 5.74) is 1.03. The third-order valence-electron chi connectivity index (χ3n) is 7.93. The second kappa shape index (κ2) is 8.03. The van der Waals surface area contributed by atoms with Crippen molar-refractivity contribution in [3.8, 4) is 5.75 Å². The molecule has 164 valence electrons. The molecule has 1 aromatic carbocycles. The minimum absolute atomic E-state index is 0.0311. The van der Waals surface area contributed by atoms with Crippen LogP contribution < -0.4 is 4.74 Å². The van der Waals surface area contributed by atoms with Crippen molar-refractivity contribution in [2.75, 3.05) is 26.3 Å². The first-order chi connectivity index (χ1) is 14.6. The number of benzene rings is 1. The SMILES string of the molecule is CCCCOC(=O)N1C2CCC1CC(N1CCC3(CC1)COc1ccc(F)cc13)C2. The predicted molar refractivity (Wildman–Crippen MR) is 112 cm³/mol. The molecule has 30 heavy (non-hydrogen) atoms. The Kier molecular flexibility index (Phi) is 5.38. The van der Waals surface area contributed by atoms with Crippen molar-refractivity contribution < 1.29 is 18.7 Å². The second-order valence-electron chi connectivity index (χ2n) is 9.63. The Morgan fingerprint density at radius 1 is 1.20 bits per heavy atom. The third-order valence-corrected chi connectivity index (χ3v) is 7.93. The Balaban J connectivity index is 1.20. The van der Waals surface area contributed by atoms with Gasteiger partial charge in [0.2, 0.25) is 0 Å². The van der Waals surface area contributed by atoms with Crippen LogP contribution in [-0.2, 0) is 10.2 Å². The molecular formula is C24H33FN2O3. The molecule has 2 atom stereocenters. The van der Waals surface area contributed by atoms with Crippen molar-refractivity contribution in [2.45, 2.75) is 81.8 Å². The average molecular weight is 417 g/mol. The van der Waals surface area contributed by atoms with E-state index >= 15 is 0 Å². The summed E-state index contributed by atoms with van der Waals surface area (Å²) >= 11 is 0. The maximum absolute atomic E-state index is 13.9. The molecule has 5 nitrogen and oxygen atoms in total. The van der Waals surface area contributed by atoms with E-state index in [1.807, 2.05) is 4.90 Å². The number of nitrogens with zero attached hydrogens (tertiary/aromatic N) is 2. The number of piperidine rings is 2. The number of ether oxygens (including phenoxy) is 2. The minimum atomic E-state index is -0.171. The van der Waals surface area contributed by atoms with Gasteiger partial charge in [-0.3, -0.25) is 0 Å². The molecule has 0 aromatic heterocycles. The predicted octanol–water partition coefficient (Wildman–Crippen LogP) is 4.48. The lowest BCUT2D eigenvalue weighted by Crippen LogP contribution is -2.55. The van der Waals surface area contributed by atoms with Gasteiger partial charge in [-0.1, -0.05) is 13.3 Å². The summed E-state index contributed by atoms with van der Waals surface area (Å²) in [7, 11) is 0. The summed E-state index contributed by atoms with van der Waals surface area (Å²) in [6.45, 7) is 5.35. The van der Waals surface area contributed by atoms with Crippen molar-refractivity contribution in [3.05, 3.63) is 29.6 Å². The minimum Gasteiger partial charge on any atom is -0.492 e. The van der Waals surface area contributed by atoms with E-state index in [4.69, 9.17) is 9.47 Å². The van der Waals surface area contributed by atoms with Gasteiger partial charge in [-0.15, -0.1) is 0 Å². The summed E-state index contributed by atoms with van der Waals surface area (Å²) in [4.78, 5) is 17.2. The highest BCUT2D eigenvalue weighted by Crippen LogP contribution is 2.47. The van der Waals surface area contributed by atoms with Crippen LogP contribution in [-0.4, -0.2) is 60.3 Å². The Hall–Kier alpha value is -1.82. The number of unbranched alkanes of at least 4 members (excludes halogenated alkanes) is 1. The normalized spacial score (nSPS) is 29.7. The fourth-order valence-corrected chi connectivity index (χ4v) is 6.19. The Morgan fingerprint density at radius 2 is 1.93 bits per heavy atom. The molecule has 2 unspecified atom stereocenters. The summed E-state index contributed by atoms with van der Waals surface area (Å²) in [5, 5.41) is 0. The molecule has 4 aliphatic rings. The number of hydrogen-bond donors (Lipinski definition) is 0. The van der Waals surface area contributed by atoms with Crippen LogP contribution in [0.2, 0.25) is 0 Å². The third kappa shape index (κ3) is 3.47. The summed E-state index contributed by atoms with van der Waals surface area (Å²) in [6.07, 6.45) is 8.20. The molecule has 3 fully saturated rings. The molecule has 1 amide bonds. The van der Waals surface area contributed by atoms with E-state index in [1.54, 1.807) is 12.1 Å². The smallest absolute Gasteiger partial charge is 0.410 e. The summed E-state index contributed by atoms with van der Waals surface area (Å²) in [5.74, 6) is 0.689. The zero-order valence-electron chi connectivity index (χ0n) is 17.9. The van der Waals surface area contributed by atoms with Gasteiger partial charge < -0.3 is 19.3 Å². The molecule has 1 spiro atoms. The molecule has 4 aliphatic heterocycles. The molecule has 4 heterocycles. The maximum atomic E-state index is 13.9. The number of halogens is 1. The molecule has 0 radical (unpaired) electrons. The Bertz CT molecular complexity index is 779. The van der Waals surface area contributed by atoms with Crippen LogP contribution in [0.5, 0.6) is 5.75 Å². The van der Waals surface area contributed by atoms with Gasteiger partial charge >= 0.3 is 6.09 Å². The van der Waals surface area contributed by atoms with Crippen LogP contribution in [0.1, 0.15) is 63.9 Å². The molecule has 0 N–H and O–H groups in total. The van der Waals surface area contributed by atoms with E-state index in [2.05, 4.69) is 11.8 Å². The molecule has 0 aliphatic carbocycles. The quantitative estimate of drug-likeness (QED) is 0.679. The first-order valence-corrected chi connectivity index (χ1v) is 11.7. The van der Waals surface area contributed by atoms with Crippen LogP contribution >= 0.6 is 0 Å². The van der Waals surface area contributed by atoms with Gasteiger partial charge in [-0.25, -0.2) is 9.18 Å². The zero-order valence-corrected chi connectivity index (χ0v) is 17.9. The van der Waals surface area contributed by atoms with Crippen molar-refractivity contribution >= 4 is 6.09 Å². The van der Waals surface area contributed by atoms with E-state index in [0.29, 0.717) is 31.3 Å². The molecule has 3 saturated heterocycles. The lowest BCUT2D eigenvalue weighted by molar-refractivity contribution is 0.0233. The average Bonchev–Trinajstić information content (AvgIpc) is 3.23. The fraction of sp³-hybridized carbons (Fsp3) is 0.708. The highest BCUT2D eigenvalue weighted by molar-refractivity contribution is 5.69. The Labute approximate surface area is 178 Å². The standard InChI is InChI=1S/C24H33FN2O3/c1-2-3-12-29-23(28)27-18-5-6-19(27)15-20(14-18)26-10-8-24(9-11-26)16-30-22-7-4-17(25)13-21(22)24/h4,7,13,18-20H,2-3,5-6,8-12,14-16H2,1H3. The lowest BCUT2D eigenvalue weighted by atomic mass is 9.74. The molecule has 1 aromatic rings. The summed E-state index contributed by atoms with van der Waals surface area (Å²) in [6, 6.07) is 6.13. The fourth-order valence-electron chi connectivity index (χ4n) is 6.19. The first-order valence-electron chi connectivity index (χ1n) is 11.7. The van der Waals surface area contributed by atoms with E-state index < -0.39 is 0 Å². The number of carbonyl (C=O) groups excluding carboxylic acids is 1. The maximum Gasteiger partial charge on any atom is 0.410 e. The number of likely N-dealkylation sites (tertiary alicyclic amines) is 1. The van der Waals surface area contributed by atoms with Gasteiger partial charge in [0.1, 0.15) is 11.6 Å². The second-order valence-corrected chi connectivity index (χ2v) is 9.63. The van der Waals surface area contributed by atoms with Gasteiger partial charge in [0.15, 0.2) is 0 Å². The van der Waals surface area contributed by atoms with E-state index in [9.17, 15) is 9.18 Å². The molecule has 5 rings (SSSR count). The van der Waals surface area contributed by atoms with Gasteiger partial charge in [-0.05, 0) is 76.2 Å². The zero-order chi connectivity index (χ0) is 20.7. The Morgan fingerprint density at radius 3 is 2.63 bits per heavy atom. The lowest BCUT2D eigenvalue weighted by Gasteiger charge is -2.46. The topological polar surface area (TPSA) is 42.0 Å². The van der Waals surface area contributed by atoms with Gasteiger partial charge in [-0.2, -0.15) is 0 Å². The van der Waals surface area contributed by atoms with Crippen LogP contribution in [0.25, 0.3) is 0 Å². The number of fused-ring (bicyclic) bond motifs is 4. The van der Waals surface area contributed by atoms with Crippen molar-refractivity contribution in [1.29, 1.82) is 0 Å².